The van der Waals surface area contributed by atoms with Crippen LogP contribution in [0.4, 0.5) is 13.2 Å². The van der Waals surface area contributed by atoms with E-state index in [9.17, 15) is 33.0 Å². The van der Waals surface area contributed by atoms with Gasteiger partial charge in [-0.15, -0.1) is 0 Å². The largest absolute Gasteiger partial charge is 0.480 e. The fraction of sp³-hybridized carbons (Fsp3) is 0.217. The van der Waals surface area contributed by atoms with Gasteiger partial charge in [-0.3, -0.25) is 4.79 Å². The molecule has 2 aromatic rings. The first-order chi connectivity index (χ1) is 15.5. The predicted octanol–water partition coefficient (Wildman–Crippen LogP) is 3.13. The molecule has 0 fully saturated rings. The number of nitrogens with two attached hydrogens (primary N) is 2. The van der Waals surface area contributed by atoms with Gasteiger partial charge in [0.1, 0.15) is 17.0 Å². The molecule has 0 amide bonds. The summed E-state index contributed by atoms with van der Waals surface area (Å²) >= 11 is 0. The van der Waals surface area contributed by atoms with E-state index in [1.54, 1.807) is 0 Å². The molecule has 0 spiro atoms. The lowest BCUT2D eigenvalue weighted by atomic mass is 9.62. The monoisotopic (exact) mass is 462 g/mol. The third kappa shape index (κ3) is 3.93. The van der Waals surface area contributed by atoms with Crippen LogP contribution in [0.25, 0.3) is 0 Å². The van der Waals surface area contributed by atoms with E-state index in [2.05, 4.69) is 4.74 Å². The maximum absolute atomic E-state index is 14.2. The molecule has 2 unspecified atom stereocenters. The van der Waals surface area contributed by atoms with E-state index < -0.39 is 46.5 Å². The number of allylic oxidation sites excluding steroid dienone is 1. The molecule has 10 heteroatoms. The molecule has 0 saturated carbocycles. The summed E-state index contributed by atoms with van der Waals surface area (Å²) in [5.74, 6) is -3.80. The van der Waals surface area contributed by atoms with Crippen LogP contribution in [0, 0.1) is 11.2 Å². The van der Waals surface area contributed by atoms with Gasteiger partial charge in [0.25, 0.3) is 0 Å². The molecule has 0 radical (unpaired) electrons. The van der Waals surface area contributed by atoms with Crippen molar-refractivity contribution in [1.82, 2.24) is 0 Å². The molecule has 0 aliphatic heterocycles. The van der Waals surface area contributed by atoms with E-state index in [0.29, 0.717) is 0 Å². The number of alkyl halides is 2. The fourth-order valence-electron chi connectivity index (χ4n) is 3.98. The number of ether oxygens (including phenoxy) is 1. The Morgan fingerprint density at radius 1 is 1.09 bits per heavy atom. The van der Waals surface area contributed by atoms with Crippen molar-refractivity contribution >= 4 is 11.9 Å². The van der Waals surface area contributed by atoms with Gasteiger partial charge in [0.2, 0.25) is 0 Å². The van der Waals surface area contributed by atoms with Crippen molar-refractivity contribution in [2.75, 3.05) is 0 Å². The molecule has 0 saturated heterocycles. The van der Waals surface area contributed by atoms with Crippen LogP contribution in [-0.4, -0.2) is 28.8 Å². The van der Waals surface area contributed by atoms with E-state index in [-0.39, 0.29) is 29.0 Å². The molecule has 6 N–H and O–H groups in total. The molecule has 0 heterocycles. The molecule has 1 aliphatic carbocycles. The van der Waals surface area contributed by atoms with Crippen LogP contribution >= 0.6 is 0 Å². The minimum atomic E-state index is -3.12. The number of carbonyl (C=O) groups is 2. The lowest BCUT2D eigenvalue weighted by Gasteiger charge is -2.40. The van der Waals surface area contributed by atoms with Crippen molar-refractivity contribution in [3.8, 4) is 5.75 Å². The first-order valence-corrected chi connectivity index (χ1v) is 9.69. The van der Waals surface area contributed by atoms with Crippen LogP contribution < -0.4 is 16.2 Å². The van der Waals surface area contributed by atoms with Crippen LogP contribution in [-0.2, 0) is 21.5 Å². The van der Waals surface area contributed by atoms with Gasteiger partial charge in [-0.1, -0.05) is 30.4 Å². The van der Waals surface area contributed by atoms with Crippen LogP contribution in [0.1, 0.15) is 23.6 Å². The molecule has 7 nitrogen and oxygen atoms in total. The van der Waals surface area contributed by atoms with Crippen LogP contribution in [0.3, 0.4) is 0 Å². The summed E-state index contributed by atoms with van der Waals surface area (Å²) in [7, 11) is 0. The van der Waals surface area contributed by atoms with E-state index in [1.807, 2.05) is 0 Å². The standard InChI is InChI=1S/C23H21F3N2O5/c1-22(20(31)32)7-8-23(17(18(22)28)19(29)30,13-3-2-4-15(24)10-13)14-5-6-16(33-21(25)26)12(9-14)11-27/h2-10,21H,11,27-28H2,1H3,(H,29,30)(H,31,32). The highest BCUT2D eigenvalue weighted by molar-refractivity contribution is 5.97. The van der Waals surface area contributed by atoms with Gasteiger partial charge in [0, 0.05) is 17.8 Å². The Kier molecular flexibility index (Phi) is 6.24. The Morgan fingerprint density at radius 2 is 1.76 bits per heavy atom. The number of carboxylic acids is 2. The number of hydrogen-bond acceptors (Lipinski definition) is 5. The highest BCUT2D eigenvalue weighted by atomic mass is 19.3. The quantitative estimate of drug-likeness (QED) is 0.464. The number of aliphatic carboxylic acids is 2. The highest BCUT2D eigenvalue weighted by Gasteiger charge is 2.50. The van der Waals surface area contributed by atoms with Crippen molar-refractivity contribution in [2.24, 2.45) is 16.9 Å². The maximum atomic E-state index is 14.2. The summed E-state index contributed by atoms with van der Waals surface area (Å²) in [5.41, 5.74) is 7.73. The third-order valence-corrected chi connectivity index (χ3v) is 5.78. The van der Waals surface area contributed by atoms with Crippen LogP contribution in [0.2, 0.25) is 0 Å². The zero-order valence-corrected chi connectivity index (χ0v) is 17.4. The van der Waals surface area contributed by atoms with Gasteiger partial charge < -0.3 is 26.4 Å². The summed E-state index contributed by atoms with van der Waals surface area (Å²) in [6.07, 6.45) is 2.55. The summed E-state index contributed by atoms with van der Waals surface area (Å²) < 4.78 is 44.3. The minimum Gasteiger partial charge on any atom is -0.480 e. The molecule has 1 aliphatic rings. The van der Waals surface area contributed by atoms with Gasteiger partial charge in [-0.25, -0.2) is 9.18 Å². The van der Waals surface area contributed by atoms with Gasteiger partial charge in [0.15, 0.2) is 0 Å². The SMILES string of the molecule is CC1(C(=O)O)C=CC(c2cccc(F)c2)(c2ccc(OC(F)F)c(CN)c2)C(C(=O)O)=C1N. The smallest absolute Gasteiger partial charge is 0.387 e. The molecule has 0 aromatic heterocycles. The van der Waals surface area contributed by atoms with Gasteiger partial charge in [0.05, 0.1) is 11.0 Å². The predicted molar refractivity (Wildman–Crippen MR) is 112 cm³/mol. The molecular weight excluding hydrogens is 441 g/mol. The number of halogens is 3. The molecule has 2 atom stereocenters. The van der Waals surface area contributed by atoms with E-state index in [4.69, 9.17) is 11.5 Å². The Balaban J connectivity index is 2.42. The summed E-state index contributed by atoms with van der Waals surface area (Å²) in [6, 6.07) is 8.94. The minimum absolute atomic E-state index is 0.131. The van der Waals surface area contributed by atoms with Gasteiger partial charge in [-0.2, -0.15) is 8.78 Å². The van der Waals surface area contributed by atoms with Crippen molar-refractivity contribution in [3.63, 3.8) is 0 Å². The fourth-order valence-corrected chi connectivity index (χ4v) is 3.98. The number of rotatable bonds is 7. The second kappa shape index (κ2) is 8.62. The summed E-state index contributed by atoms with van der Waals surface area (Å²) in [5, 5.41) is 19.8. The Hall–Kier alpha value is -3.79. The summed E-state index contributed by atoms with van der Waals surface area (Å²) in [4.78, 5) is 24.4. The number of benzene rings is 2. The average Bonchev–Trinajstić information content (AvgIpc) is 2.75. The van der Waals surface area contributed by atoms with Gasteiger partial charge in [-0.05, 0) is 42.3 Å². The lowest BCUT2D eigenvalue weighted by molar-refractivity contribution is -0.143. The molecule has 3 rings (SSSR count). The van der Waals surface area contributed by atoms with Crippen molar-refractivity contribution in [1.29, 1.82) is 0 Å². The zero-order chi connectivity index (χ0) is 24.6. The highest BCUT2D eigenvalue weighted by Crippen LogP contribution is 2.49. The maximum Gasteiger partial charge on any atom is 0.387 e. The molecular formula is C23H21F3N2O5. The van der Waals surface area contributed by atoms with Crippen LogP contribution in [0.5, 0.6) is 5.75 Å². The van der Waals surface area contributed by atoms with Crippen molar-refractivity contribution in [3.05, 3.63) is 88.4 Å². The van der Waals surface area contributed by atoms with Crippen molar-refractivity contribution < 1.29 is 37.7 Å². The second-order valence-electron chi connectivity index (χ2n) is 7.66. The van der Waals surface area contributed by atoms with E-state index in [0.717, 1.165) is 12.1 Å². The first-order valence-electron chi connectivity index (χ1n) is 9.69. The molecule has 33 heavy (non-hydrogen) atoms. The number of carboxylic acid groups (broad SMARTS) is 2. The van der Waals surface area contributed by atoms with E-state index >= 15 is 0 Å². The van der Waals surface area contributed by atoms with Gasteiger partial charge >= 0.3 is 18.6 Å². The third-order valence-electron chi connectivity index (χ3n) is 5.78. The molecule has 2 aromatic carbocycles. The Bertz CT molecular complexity index is 1180. The molecule has 0 bridgehead atoms. The first kappa shape index (κ1) is 23.9. The van der Waals surface area contributed by atoms with Crippen molar-refractivity contribution in [2.45, 2.75) is 25.5 Å². The van der Waals surface area contributed by atoms with Crippen LogP contribution in [0.15, 0.2) is 65.9 Å². The summed E-state index contributed by atoms with van der Waals surface area (Å²) in [6.45, 7) is -2.10. The Morgan fingerprint density at radius 3 is 2.30 bits per heavy atom. The normalized spacial score (nSPS) is 22.5. The molecule has 174 valence electrons. The second-order valence-corrected chi connectivity index (χ2v) is 7.66. The Labute approximate surface area is 186 Å². The number of hydrogen-bond donors (Lipinski definition) is 4. The average molecular weight is 462 g/mol. The lowest BCUT2D eigenvalue weighted by Crippen LogP contribution is -2.44. The topological polar surface area (TPSA) is 136 Å². The van der Waals surface area contributed by atoms with E-state index in [1.165, 1.54) is 49.4 Å². The zero-order valence-electron chi connectivity index (χ0n) is 17.4.